The summed E-state index contributed by atoms with van der Waals surface area (Å²) in [4.78, 5) is 18.8. The maximum absolute atomic E-state index is 11.9. The molecule has 1 fully saturated rings. The van der Waals surface area contributed by atoms with E-state index in [1.54, 1.807) is 19.2 Å². The Balaban J connectivity index is 1.56. The number of rotatable bonds is 7. The van der Waals surface area contributed by atoms with Crippen LogP contribution < -0.4 is 10.1 Å². The molecule has 2 atom stereocenters. The number of carbonyl (C=O) groups is 1. The number of nitrogens with one attached hydrogen (secondary N) is 1. The van der Waals surface area contributed by atoms with Crippen LogP contribution in [0.3, 0.4) is 0 Å². The SMILES string of the molecule is COC(=O)c1ccc(-n2c(C)cc([C@H]3[C@H](c4ccccn4)NC(=S)N3Cc3ccc(OC)cc3)c2C)cc1. The molecule has 8 heteroatoms. The molecule has 0 radical (unpaired) electrons. The average molecular weight is 527 g/mol. The number of aromatic nitrogens is 2. The molecule has 0 aliphatic carbocycles. The molecular formula is C30H30N4O3S. The molecule has 1 N–H and O–H groups in total. The minimum absolute atomic E-state index is 0.0752. The molecule has 0 unspecified atom stereocenters. The first kappa shape index (κ1) is 25.5. The Bertz CT molecular complexity index is 1450. The van der Waals surface area contributed by atoms with Gasteiger partial charge in [-0.2, -0.15) is 0 Å². The molecule has 3 heterocycles. The lowest BCUT2D eigenvalue weighted by atomic mass is 9.96. The van der Waals surface area contributed by atoms with Crippen molar-refractivity contribution in [1.82, 2.24) is 19.8 Å². The number of hydrogen-bond acceptors (Lipinski definition) is 5. The van der Waals surface area contributed by atoms with E-state index in [0.29, 0.717) is 17.2 Å². The summed E-state index contributed by atoms with van der Waals surface area (Å²) in [6, 6.07) is 23.5. The van der Waals surface area contributed by atoms with Crippen LogP contribution in [0.25, 0.3) is 5.69 Å². The average Bonchev–Trinajstić information content (AvgIpc) is 3.43. The fraction of sp³-hybridized carbons (Fsp3) is 0.233. The van der Waals surface area contributed by atoms with Crippen LogP contribution in [-0.2, 0) is 11.3 Å². The van der Waals surface area contributed by atoms with E-state index >= 15 is 0 Å². The van der Waals surface area contributed by atoms with Gasteiger partial charge in [0.05, 0.1) is 37.6 Å². The van der Waals surface area contributed by atoms with Crippen molar-refractivity contribution < 1.29 is 14.3 Å². The summed E-state index contributed by atoms with van der Waals surface area (Å²) in [7, 11) is 3.05. The van der Waals surface area contributed by atoms with E-state index in [1.807, 2.05) is 48.7 Å². The van der Waals surface area contributed by atoms with Gasteiger partial charge in [-0.1, -0.05) is 18.2 Å². The molecule has 7 nitrogen and oxygen atoms in total. The van der Waals surface area contributed by atoms with Crippen molar-refractivity contribution in [2.24, 2.45) is 0 Å². The maximum Gasteiger partial charge on any atom is 0.337 e. The first-order valence-corrected chi connectivity index (χ1v) is 12.8. The van der Waals surface area contributed by atoms with E-state index in [2.05, 4.69) is 51.8 Å². The fourth-order valence-corrected chi connectivity index (χ4v) is 5.50. The zero-order chi connectivity index (χ0) is 26.8. The molecule has 194 valence electrons. The van der Waals surface area contributed by atoms with Gasteiger partial charge in [-0.15, -0.1) is 0 Å². The Labute approximate surface area is 228 Å². The van der Waals surface area contributed by atoms with Gasteiger partial charge in [0, 0.05) is 29.8 Å². The normalized spacial score (nSPS) is 16.8. The van der Waals surface area contributed by atoms with Gasteiger partial charge in [0.15, 0.2) is 5.11 Å². The molecule has 1 aliphatic heterocycles. The van der Waals surface area contributed by atoms with Crippen LogP contribution in [0, 0.1) is 13.8 Å². The van der Waals surface area contributed by atoms with Gasteiger partial charge >= 0.3 is 5.97 Å². The number of hydrogen-bond donors (Lipinski definition) is 1. The Kier molecular flexibility index (Phi) is 7.15. The lowest BCUT2D eigenvalue weighted by Crippen LogP contribution is -2.29. The van der Waals surface area contributed by atoms with Crippen LogP contribution in [0.5, 0.6) is 5.75 Å². The number of aryl methyl sites for hydroxylation is 1. The molecule has 0 saturated carbocycles. The summed E-state index contributed by atoms with van der Waals surface area (Å²) < 4.78 is 12.4. The van der Waals surface area contributed by atoms with Crippen molar-refractivity contribution in [3.05, 3.63) is 113 Å². The molecule has 2 aromatic heterocycles. The highest BCUT2D eigenvalue weighted by Crippen LogP contribution is 2.42. The quantitative estimate of drug-likeness (QED) is 0.253. The molecule has 5 rings (SSSR count). The van der Waals surface area contributed by atoms with E-state index in [-0.39, 0.29) is 18.1 Å². The first-order chi connectivity index (χ1) is 18.4. The van der Waals surface area contributed by atoms with Crippen LogP contribution in [0.1, 0.15) is 50.7 Å². The third kappa shape index (κ3) is 4.75. The van der Waals surface area contributed by atoms with E-state index in [9.17, 15) is 4.79 Å². The standard InChI is InChI=1S/C30H30N4O3S/c1-19-17-25(20(2)34(19)23-12-10-22(11-13-23)29(35)37-4)28-27(26-7-5-6-16-31-26)32-30(38)33(28)18-21-8-14-24(36-3)15-9-21/h5-17,27-28H,18H2,1-4H3,(H,32,38)/t27-,28-/m0/s1. The number of carbonyl (C=O) groups excluding carboxylic acids is 1. The van der Waals surface area contributed by atoms with Crippen LogP contribution in [0.4, 0.5) is 0 Å². The monoisotopic (exact) mass is 526 g/mol. The predicted molar refractivity (Wildman–Crippen MR) is 151 cm³/mol. The fourth-order valence-electron chi connectivity index (χ4n) is 5.19. The number of thiocarbonyl (C=S) groups is 1. The van der Waals surface area contributed by atoms with Gasteiger partial charge in [-0.3, -0.25) is 4.98 Å². The highest BCUT2D eigenvalue weighted by molar-refractivity contribution is 7.80. The Hall–Kier alpha value is -4.17. The van der Waals surface area contributed by atoms with Crippen molar-refractivity contribution >= 4 is 23.3 Å². The summed E-state index contributed by atoms with van der Waals surface area (Å²) in [5, 5.41) is 4.23. The van der Waals surface area contributed by atoms with Crippen molar-refractivity contribution in [2.75, 3.05) is 14.2 Å². The lowest BCUT2D eigenvalue weighted by molar-refractivity contribution is 0.0600. The third-order valence-corrected chi connectivity index (χ3v) is 7.40. The van der Waals surface area contributed by atoms with Crippen LogP contribution >= 0.6 is 12.2 Å². The summed E-state index contributed by atoms with van der Waals surface area (Å²) in [5.74, 6) is 0.469. The topological polar surface area (TPSA) is 68.6 Å². The van der Waals surface area contributed by atoms with E-state index in [0.717, 1.165) is 39.6 Å². The van der Waals surface area contributed by atoms with Crippen LogP contribution in [0.15, 0.2) is 79.0 Å². The summed E-state index contributed by atoms with van der Waals surface area (Å²) in [6.07, 6.45) is 1.81. The Morgan fingerprint density at radius 1 is 1.03 bits per heavy atom. The predicted octanol–water partition coefficient (Wildman–Crippen LogP) is 5.46. The highest BCUT2D eigenvalue weighted by Gasteiger charge is 2.41. The van der Waals surface area contributed by atoms with Gasteiger partial charge in [0.25, 0.3) is 0 Å². The van der Waals surface area contributed by atoms with Crippen molar-refractivity contribution in [3.8, 4) is 11.4 Å². The number of benzene rings is 2. The van der Waals surface area contributed by atoms with Crippen molar-refractivity contribution in [1.29, 1.82) is 0 Å². The van der Waals surface area contributed by atoms with Crippen LogP contribution in [0.2, 0.25) is 0 Å². The molecule has 1 saturated heterocycles. The second kappa shape index (κ2) is 10.7. The molecule has 0 spiro atoms. The van der Waals surface area contributed by atoms with Gasteiger partial charge < -0.3 is 24.3 Å². The Morgan fingerprint density at radius 3 is 2.39 bits per heavy atom. The Morgan fingerprint density at radius 2 is 1.76 bits per heavy atom. The maximum atomic E-state index is 11.9. The number of ether oxygens (including phenoxy) is 2. The minimum atomic E-state index is -0.351. The van der Waals surface area contributed by atoms with Crippen molar-refractivity contribution in [3.63, 3.8) is 0 Å². The highest BCUT2D eigenvalue weighted by atomic mass is 32.1. The summed E-state index contributed by atoms with van der Waals surface area (Å²) >= 11 is 5.88. The number of pyridine rings is 1. The number of nitrogens with zero attached hydrogens (tertiary/aromatic N) is 3. The second-order valence-electron chi connectivity index (χ2n) is 9.30. The molecule has 0 bridgehead atoms. The molecular weight excluding hydrogens is 496 g/mol. The molecule has 0 amide bonds. The van der Waals surface area contributed by atoms with E-state index in [4.69, 9.17) is 21.7 Å². The van der Waals surface area contributed by atoms with E-state index in [1.165, 1.54) is 7.11 Å². The molecule has 38 heavy (non-hydrogen) atoms. The first-order valence-electron chi connectivity index (χ1n) is 12.4. The lowest BCUT2D eigenvalue weighted by Gasteiger charge is -2.28. The summed E-state index contributed by atoms with van der Waals surface area (Å²) in [5.41, 5.74) is 6.92. The molecule has 2 aromatic carbocycles. The van der Waals surface area contributed by atoms with Crippen molar-refractivity contribution in [2.45, 2.75) is 32.5 Å². The molecule has 4 aromatic rings. The zero-order valence-corrected chi connectivity index (χ0v) is 22.7. The van der Waals surface area contributed by atoms with Gasteiger partial charge in [-0.25, -0.2) is 4.79 Å². The molecule has 1 aliphatic rings. The van der Waals surface area contributed by atoms with Crippen LogP contribution in [-0.4, -0.2) is 39.8 Å². The van der Waals surface area contributed by atoms with Gasteiger partial charge in [0.1, 0.15) is 5.75 Å². The summed E-state index contributed by atoms with van der Waals surface area (Å²) in [6.45, 7) is 4.86. The second-order valence-corrected chi connectivity index (χ2v) is 9.69. The van der Waals surface area contributed by atoms with Gasteiger partial charge in [0.2, 0.25) is 0 Å². The third-order valence-electron chi connectivity index (χ3n) is 7.05. The number of esters is 1. The smallest absolute Gasteiger partial charge is 0.337 e. The van der Waals surface area contributed by atoms with Gasteiger partial charge in [-0.05, 0) is 91.8 Å². The van der Waals surface area contributed by atoms with E-state index < -0.39 is 0 Å². The number of methoxy groups -OCH3 is 2. The largest absolute Gasteiger partial charge is 0.497 e. The zero-order valence-electron chi connectivity index (χ0n) is 21.8. The minimum Gasteiger partial charge on any atom is -0.497 e.